The van der Waals surface area contributed by atoms with Gasteiger partial charge in [0.1, 0.15) is 0 Å². The van der Waals surface area contributed by atoms with E-state index in [-0.39, 0.29) is 12.0 Å². The molecular weight excluding hydrogens is 218 g/mol. The zero-order valence-electron chi connectivity index (χ0n) is 11.1. The van der Waals surface area contributed by atoms with E-state index in [9.17, 15) is 4.79 Å². The molecule has 0 saturated carbocycles. The molecule has 1 aliphatic rings. The van der Waals surface area contributed by atoms with Gasteiger partial charge in [0, 0.05) is 11.8 Å². The average Bonchev–Trinajstić information content (AvgIpc) is 2.62. The number of rotatable bonds is 2. The van der Waals surface area contributed by atoms with E-state index < -0.39 is 11.6 Å². The maximum Gasteiger partial charge on any atom is 0.354 e. The van der Waals surface area contributed by atoms with E-state index >= 15 is 0 Å². The molecule has 0 N–H and O–H groups in total. The summed E-state index contributed by atoms with van der Waals surface area (Å²) in [6.07, 6.45) is 0.467. The topological polar surface area (TPSA) is 47.9 Å². The Kier molecular flexibility index (Phi) is 3.82. The number of hydrogen-bond donors (Lipinski definition) is 0. The van der Waals surface area contributed by atoms with Gasteiger partial charge >= 0.3 is 5.97 Å². The Labute approximate surface area is 102 Å². The standard InChI is InChI=1S/C13H19NO3/c1-6-7-8-16-11(15)13(5)9-10(14-17-13)12(2,3)4/h8-9H2,1-5H3. The Balaban J connectivity index is 2.62. The third kappa shape index (κ3) is 3.23. The lowest BCUT2D eigenvalue weighted by molar-refractivity contribution is -0.165. The molecule has 0 aromatic carbocycles. The summed E-state index contributed by atoms with van der Waals surface area (Å²) in [4.78, 5) is 17.1. The average molecular weight is 237 g/mol. The Morgan fingerprint density at radius 2 is 2.24 bits per heavy atom. The molecule has 1 atom stereocenters. The molecule has 0 fully saturated rings. The van der Waals surface area contributed by atoms with E-state index in [0.29, 0.717) is 6.42 Å². The van der Waals surface area contributed by atoms with Gasteiger partial charge in [-0.1, -0.05) is 31.8 Å². The fraction of sp³-hybridized carbons (Fsp3) is 0.692. The van der Waals surface area contributed by atoms with Crippen molar-refractivity contribution < 1.29 is 14.4 Å². The highest BCUT2D eigenvalue weighted by Gasteiger charge is 2.45. The minimum Gasteiger partial charge on any atom is -0.449 e. The van der Waals surface area contributed by atoms with Crippen molar-refractivity contribution in [2.75, 3.05) is 6.61 Å². The third-order valence-electron chi connectivity index (χ3n) is 2.61. The monoisotopic (exact) mass is 237 g/mol. The fourth-order valence-electron chi connectivity index (χ4n) is 1.38. The van der Waals surface area contributed by atoms with Crippen molar-refractivity contribution in [2.24, 2.45) is 10.6 Å². The summed E-state index contributed by atoms with van der Waals surface area (Å²) < 4.78 is 5.02. The molecule has 0 aromatic heterocycles. The number of ether oxygens (including phenoxy) is 1. The van der Waals surface area contributed by atoms with Gasteiger partial charge in [-0.2, -0.15) is 0 Å². The van der Waals surface area contributed by atoms with Crippen LogP contribution >= 0.6 is 0 Å². The van der Waals surface area contributed by atoms with Crippen molar-refractivity contribution in [1.29, 1.82) is 0 Å². The molecule has 1 heterocycles. The van der Waals surface area contributed by atoms with Crippen LogP contribution in [0.5, 0.6) is 0 Å². The number of hydrogen-bond acceptors (Lipinski definition) is 4. The van der Waals surface area contributed by atoms with Gasteiger partial charge in [0.05, 0.1) is 5.71 Å². The van der Waals surface area contributed by atoms with Crippen LogP contribution in [0.25, 0.3) is 0 Å². The molecule has 1 aliphatic heterocycles. The molecule has 0 bridgehead atoms. The maximum atomic E-state index is 11.8. The number of carbonyl (C=O) groups excluding carboxylic acids is 1. The second-order valence-corrected chi connectivity index (χ2v) is 5.29. The molecule has 0 aromatic rings. The van der Waals surface area contributed by atoms with Gasteiger partial charge in [0.2, 0.25) is 5.60 Å². The quantitative estimate of drug-likeness (QED) is 0.546. The predicted molar refractivity (Wildman–Crippen MR) is 65.4 cm³/mol. The fourth-order valence-corrected chi connectivity index (χ4v) is 1.38. The minimum atomic E-state index is -1.00. The van der Waals surface area contributed by atoms with Crippen molar-refractivity contribution >= 4 is 11.7 Å². The molecule has 0 radical (unpaired) electrons. The highest BCUT2D eigenvalue weighted by molar-refractivity contribution is 5.96. The van der Waals surface area contributed by atoms with Crippen molar-refractivity contribution in [3.05, 3.63) is 0 Å². The number of nitrogens with zero attached hydrogens (tertiary/aromatic N) is 1. The van der Waals surface area contributed by atoms with E-state index in [0.717, 1.165) is 5.71 Å². The molecule has 1 unspecified atom stereocenters. The second kappa shape index (κ2) is 4.79. The Hall–Kier alpha value is -1.50. The summed E-state index contributed by atoms with van der Waals surface area (Å²) in [5.41, 5.74) is -0.224. The summed E-state index contributed by atoms with van der Waals surface area (Å²) in [6.45, 7) is 9.59. The van der Waals surface area contributed by atoms with Crippen molar-refractivity contribution in [1.82, 2.24) is 0 Å². The lowest BCUT2D eigenvalue weighted by atomic mass is 9.84. The van der Waals surface area contributed by atoms with E-state index in [1.165, 1.54) is 0 Å². The first-order chi connectivity index (χ1) is 7.79. The molecule has 4 heteroatoms. The summed E-state index contributed by atoms with van der Waals surface area (Å²) in [5.74, 6) is 4.92. The van der Waals surface area contributed by atoms with Crippen LogP contribution in [0.1, 0.15) is 41.0 Å². The molecule has 1 rings (SSSR count). The van der Waals surface area contributed by atoms with Crippen molar-refractivity contribution in [3.63, 3.8) is 0 Å². The summed E-state index contributed by atoms with van der Waals surface area (Å²) in [7, 11) is 0. The lowest BCUT2D eigenvalue weighted by Crippen LogP contribution is -2.38. The van der Waals surface area contributed by atoms with Crippen LogP contribution in [-0.4, -0.2) is 23.9 Å². The van der Waals surface area contributed by atoms with Crippen molar-refractivity contribution in [3.8, 4) is 11.8 Å². The molecule has 4 nitrogen and oxygen atoms in total. The van der Waals surface area contributed by atoms with Gasteiger partial charge in [-0.15, -0.1) is 5.92 Å². The first-order valence-electron chi connectivity index (χ1n) is 5.62. The van der Waals surface area contributed by atoms with Gasteiger partial charge in [0.25, 0.3) is 0 Å². The van der Waals surface area contributed by atoms with Crippen LogP contribution < -0.4 is 0 Å². The van der Waals surface area contributed by atoms with Gasteiger partial charge in [0.15, 0.2) is 6.61 Å². The summed E-state index contributed by atoms with van der Waals surface area (Å²) in [6, 6.07) is 0. The van der Waals surface area contributed by atoms with Gasteiger partial charge in [-0.3, -0.25) is 0 Å². The normalized spacial score (nSPS) is 23.2. The number of esters is 1. The first-order valence-corrected chi connectivity index (χ1v) is 5.62. The lowest BCUT2D eigenvalue weighted by Gasteiger charge is -2.21. The zero-order chi connectivity index (χ0) is 13.1. The summed E-state index contributed by atoms with van der Waals surface area (Å²) >= 11 is 0. The van der Waals surface area contributed by atoms with Gasteiger partial charge in [-0.25, -0.2) is 4.79 Å². The third-order valence-corrected chi connectivity index (χ3v) is 2.61. The van der Waals surface area contributed by atoms with E-state index in [2.05, 4.69) is 17.0 Å². The Morgan fingerprint density at radius 3 is 2.71 bits per heavy atom. The predicted octanol–water partition coefficient (Wildman–Crippen LogP) is 2.13. The minimum absolute atomic E-state index is 0.0960. The van der Waals surface area contributed by atoms with Gasteiger partial charge in [-0.05, 0) is 13.8 Å². The van der Waals surface area contributed by atoms with E-state index in [1.807, 2.05) is 20.8 Å². The largest absolute Gasteiger partial charge is 0.449 e. The molecular formula is C13H19NO3. The zero-order valence-corrected chi connectivity index (χ0v) is 11.1. The summed E-state index contributed by atoms with van der Waals surface area (Å²) in [5, 5.41) is 3.99. The van der Waals surface area contributed by atoms with Crippen LogP contribution in [0.3, 0.4) is 0 Å². The number of oxime groups is 1. The van der Waals surface area contributed by atoms with Gasteiger partial charge < -0.3 is 9.57 Å². The molecule has 0 saturated heterocycles. The van der Waals surface area contributed by atoms with Crippen molar-refractivity contribution in [2.45, 2.75) is 46.6 Å². The molecule has 0 amide bonds. The van der Waals surface area contributed by atoms with Crippen LogP contribution in [0.2, 0.25) is 0 Å². The highest BCUT2D eigenvalue weighted by atomic mass is 16.7. The van der Waals surface area contributed by atoms with Crippen LogP contribution in [0.4, 0.5) is 0 Å². The maximum absolute atomic E-state index is 11.8. The van der Waals surface area contributed by atoms with E-state index in [1.54, 1.807) is 13.8 Å². The molecule has 17 heavy (non-hydrogen) atoms. The smallest absolute Gasteiger partial charge is 0.354 e. The SMILES string of the molecule is CC#CCOC(=O)C1(C)CC(C(C)(C)C)=NO1. The highest BCUT2D eigenvalue weighted by Crippen LogP contribution is 2.32. The van der Waals surface area contributed by atoms with Crippen LogP contribution in [-0.2, 0) is 14.4 Å². The van der Waals surface area contributed by atoms with E-state index in [4.69, 9.17) is 9.57 Å². The molecule has 94 valence electrons. The second-order valence-electron chi connectivity index (χ2n) is 5.29. The first kappa shape index (κ1) is 13.6. The number of carbonyl (C=O) groups is 1. The Bertz CT molecular complexity index is 395. The van der Waals surface area contributed by atoms with Crippen LogP contribution in [0.15, 0.2) is 5.16 Å². The van der Waals surface area contributed by atoms with Crippen LogP contribution in [0, 0.1) is 17.3 Å². The molecule has 0 spiro atoms. The Morgan fingerprint density at radius 1 is 1.59 bits per heavy atom. The molecule has 0 aliphatic carbocycles.